The fourth-order valence-electron chi connectivity index (χ4n) is 7.32. The van der Waals surface area contributed by atoms with E-state index in [9.17, 15) is 0 Å². The van der Waals surface area contributed by atoms with E-state index in [4.69, 9.17) is 0 Å². The topological polar surface area (TPSA) is 27.3 Å². The van der Waals surface area contributed by atoms with Crippen molar-refractivity contribution in [3.8, 4) is 0 Å². The summed E-state index contributed by atoms with van der Waals surface area (Å²) in [6.45, 7) is 1.44. The Morgan fingerprint density at radius 2 is 1.57 bits per heavy atom. The lowest BCUT2D eigenvalue weighted by molar-refractivity contribution is 0.0132. The lowest BCUT2D eigenvalue weighted by Gasteiger charge is -2.53. The molecule has 9 unspecified atom stereocenters. The monoisotopic (exact) mass is 287 g/mol. The van der Waals surface area contributed by atoms with Crippen molar-refractivity contribution >= 4 is 0 Å². The lowest BCUT2D eigenvalue weighted by Crippen LogP contribution is -2.67. The first-order valence-electron chi connectivity index (χ1n) is 9.63. The van der Waals surface area contributed by atoms with Crippen LogP contribution in [0.5, 0.6) is 0 Å². The van der Waals surface area contributed by atoms with Crippen molar-refractivity contribution in [1.82, 2.24) is 15.5 Å². The fourth-order valence-corrected chi connectivity index (χ4v) is 7.32. The first-order valence-corrected chi connectivity index (χ1v) is 9.63. The number of nitrogens with one attached hydrogen (secondary N) is 2. The molecule has 0 spiro atoms. The molecule has 21 heavy (non-hydrogen) atoms. The molecule has 116 valence electrons. The van der Waals surface area contributed by atoms with Crippen LogP contribution in [0.15, 0.2) is 0 Å². The third-order valence-corrected chi connectivity index (χ3v) is 8.23. The first-order chi connectivity index (χ1) is 10.3. The van der Waals surface area contributed by atoms with Gasteiger partial charge in [0, 0.05) is 42.8 Å². The smallest absolute Gasteiger partial charge is 0.0253 e. The minimum absolute atomic E-state index is 0.853. The van der Waals surface area contributed by atoms with Gasteiger partial charge in [-0.15, -0.1) is 0 Å². The van der Waals surface area contributed by atoms with Crippen molar-refractivity contribution in [2.24, 2.45) is 17.8 Å². The standard InChI is InChI=1S/C18H29N3/c1-3-16-15(6-11(1)19-16)14-8-13-5-10(14)9-21(13)18-4-2-12-7-17(18)20-12/h10-20H,1-9H2. The Labute approximate surface area is 128 Å². The molecule has 3 nitrogen and oxygen atoms in total. The van der Waals surface area contributed by atoms with Crippen molar-refractivity contribution in [3.63, 3.8) is 0 Å². The van der Waals surface area contributed by atoms with E-state index in [1.54, 1.807) is 0 Å². The molecule has 9 atom stereocenters. The summed E-state index contributed by atoms with van der Waals surface area (Å²) in [5, 5.41) is 7.68. The second-order valence-electron chi connectivity index (χ2n) is 9.04. The first kappa shape index (κ1) is 12.3. The van der Waals surface area contributed by atoms with E-state index in [2.05, 4.69) is 15.5 Å². The summed E-state index contributed by atoms with van der Waals surface area (Å²) < 4.78 is 0. The van der Waals surface area contributed by atoms with Crippen molar-refractivity contribution in [1.29, 1.82) is 0 Å². The van der Waals surface area contributed by atoms with Crippen LogP contribution in [-0.4, -0.2) is 47.7 Å². The molecule has 2 N–H and O–H groups in total. The van der Waals surface area contributed by atoms with E-state index in [0.717, 1.165) is 54.0 Å². The summed E-state index contributed by atoms with van der Waals surface area (Å²) in [5.41, 5.74) is 0. The average molecular weight is 287 g/mol. The van der Waals surface area contributed by atoms with Crippen LogP contribution in [0.2, 0.25) is 0 Å². The molecular weight excluding hydrogens is 258 g/mol. The maximum absolute atomic E-state index is 3.88. The molecule has 6 bridgehead atoms. The predicted molar refractivity (Wildman–Crippen MR) is 83.1 cm³/mol. The van der Waals surface area contributed by atoms with Crippen LogP contribution in [0.25, 0.3) is 0 Å². The second kappa shape index (κ2) is 4.24. The van der Waals surface area contributed by atoms with Gasteiger partial charge in [0.1, 0.15) is 0 Å². The van der Waals surface area contributed by atoms with E-state index < -0.39 is 0 Å². The highest BCUT2D eigenvalue weighted by atomic mass is 15.3. The second-order valence-corrected chi connectivity index (χ2v) is 9.04. The number of nitrogens with zero attached hydrogens (tertiary/aromatic N) is 1. The van der Waals surface area contributed by atoms with Crippen LogP contribution in [-0.2, 0) is 0 Å². The van der Waals surface area contributed by atoms with Crippen LogP contribution in [0.4, 0.5) is 0 Å². The average Bonchev–Trinajstić information content (AvgIpc) is 3.25. The third kappa shape index (κ3) is 1.66. The number of fused-ring (bicyclic) bond motifs is 6. The molecule has 0 aromatic rings. The summed E-state index contributed by atoms with van der Waals surface area (Å²) >= 11 is 0. The summed E-state index contributed by atoms with van der Waals surface area (Å²) in [4.78, 5) is 2.95. The van der Waals surface area contributed by atoms with Crippen molar-refractivity contribution in [3.05, 3.63) is 0 Å². The molecule has 7 fully saturated rings. The molecule has 2 aliphatic carbocycles. The Morgan fingerprint density at radius 3 is 2.19 bits per heavy atom. The molecule has 3 heteroatoms. The fraction of sp³-hybridized carbons (Fsp3) is 1.00. The number of likely N-dealkylation sites (tertiary alicyclic amines) is 1. The maximum Gasteiger partial charge on any atom is 0.0253 e. The Bertz CT molecular complexity index is 429. The summed E-state index contributed by atoms with van der Waals surface area (Å²) in [6, 6.07) is 5.37. The van der Waals surface area contributed by atoms with Crippen LogP contribution >= 0.6 is 0 Å². The van der Waals surface area contributed by atoms with E-state index >= 15 is 0 Å². The molecule has 7 rings (SSSR count). The van der Waals surface area contributed by atoms with Gasteiger partial charge in [-0.2, -0.15) is 0 Å². The van der Waals surface area contributed by atoms with E-state index in [1.807, 2.05) is 0 Å². The normalized spacial score (nSPS) is 61.4. The quantitative estimate of drug-likeness (QED) is 0.810. The number of piperidine rings is 2. The largest absolute Gasteiger partial charge is 0.311 e. The Morgan fingerprint density at radius 1 is 0.714 bits per heavy atom. The summed E-state index contributed by atoms with van der Waals surface area (Å²) in [5.74, 6) is 3.15. The van der Waals surface area contributed by atoms with Gasteiger partial charge in [0.15, 0.2) is 0 Å². The highest BCUT2D eigenvalue weighted by Crippen LogP contribution is 2.52. The number of rotatable bonds is 2. The molecule has 5 aliphatic heterocycles. The van der Waals surface area contributed by atoms with Gasteiger partial charge >= 0.3 is 0 Å². The molecule has 5 saturated heterocycles. The Kier molecular flexibility index (Phi) is 2.49. The van der Waals surface area contributed by atoms with Crippen LogP contribution in [0.3, 0.4) is 0 Å². The summed E-state index contributed by atoms with van der Waals surface area (Å²) in [6.07, 6.45) is 11.9. The minimum Gasteiger partial charge on any atom is -0.311 e. The Hall–Kier alpha value is -0.120. The van der Waals surface area contributed by atoms with Crippen LogP contribution in [0.1, 0.15) is 51.4 Å². The van der Waals surface area contributed by atoms with Crippen LogP contribution < -0.4 is 10.6 Å². The molecule has 0 aromatic heterocycles. The van der Waals surface area contributed by atoms with Gasteiger partial charge < -0.3 is 10.6 Å². The van der Waals surface area contributed by atoms with Gasteiger partial charge in [-0.25, -0.2) is 0 Å². The molecule has 7 aliphatic rings. The molecular formula is C18H29N3. The van der Waals surface area contributed by atoms with Crippen molar-refractivity contribution in [2.75, 3.05) is 6.54 Å². The zero-order valence-electron chi connectivity index (χ0n) is 13.0. The SMILES string of the molecule is C1CC2NC1CC2C1CC2CC1CN2C1CCC2CC1N2. The highest BCUT2D eigenvalue weighted by Gasteiger charge is 2.55. The summed E-state index contributed by atoms with van der Waals surface area (Å²) in [7, 11) is 0. The van der Waals surface area contributed by atoms with Crippen LogP contribution in [0, 0.1) is 17.8 Å². The molecule has 2 saturated carbocycles. The van der Waals surface area contributed by atoms with E-state index in [-0.39, 0.29) is 0 Å². The van der Waals surface area contributed by atoms with Gasteiger partial charge in [-0.05, 0) is 69.1 Å². The molecule has 0 radical (unpaired) electrons. The molecule has 5 heterocycles. The third-order valence-electron chi connectivity index (χ3n) is 8.23. The minimum atomic E-state index is 0.853. The van der Waals surface area contributed by atoms with E-state index in [1.165, 1.54) is 57.9 Å². The number of hydrogen-bond donors (Lipinski definition) is 2. The van der Waals surface area contributed by atoms with Gasteiger partial charge in [0.05, 0.1) is 0 Å². The van der Waals surface area contributed by atoms with Gasteiger partial charge in [-0.3, -0.25) is 4.90 Å². The van der Waals surface area contributed by atoms with Crippen molar-refractivity contribution in [2.45, 2.75) is 87.6 Å². The van der Waals surface area contributed by atoms with Gasteiger partial charge in [0.2, 0.25) is 0 Å². The van der Waals surface area contributed by atoms with Gasteiger partial charge in [0.25, 0.3) is 0 Å². The molecule has 0 aromatic carbocycles. The van der Waals surface area contributed by atoms with E-state index in [0.29, 0.717) is 0 Å². The predicted octanol–water partition coefficient (Wildman–Crippen LogP) is 1.73. The Balaban J connectivity index is 1.16. The zero-order chi connectivity index (χ0) is 13.6. The van der Waals surface area contributed by atoms with Crippen molar-refractivity contribution < 1.29 is 0 Å². The zero-order valence-corrected chi connectivity index (χ0v) is 13.0. The van der Waals surface area contributed by atoms with Gasteiger partial charge in [-0.1, -0.05) is 0 Å². The highest BCUT2D eigenvalue weighted by molar-refractivity contribution is 5.11. The lowest BCUT2D eigenvalue weighted by atomic mass is 9.73. The maximum atomic E-state index is 3.88. The number of hydrogen-bond acceptors (Lipinski definition) is 3. The molecule has 0 amide bonds.